The second-order valence-corrected chi connectivity index (χ2v) is 4.27. The van der Waals surface area contributed by atoms with Crippen LogP contribution in [0.5, 0.6) is 0 Å². The zero-order chi connectivity index (χ0) is 12.8. The van der Waals surface area contributed by atoms with Gasteiger partial charge in [-0.2, -0.15) is 0 Å². The number of carbonyl (C=O) groups is 1. The first kappa shape index (κ1) is 12.9. The molecule has 0 aliphatic carbocycles. The summed E-state index contributed by atoms with van der Waals surface area (Å²) in [6, 6.07) is 6.88. The number of hydrogen-bond donors (Lipinski definition) is 2. The molecule has 1 aromatic rings. The molecule has 2 rings (SSSR count). The molecule has 2 N–H and O–H groups in total. The van der Waals surface area contributed by atoms with Gasteiger partial charge < -0.3 is 15.2 Å². The van der Waals surface area contributed by atoms with Gasteiger partial charge in [0.1, 0.15) is 0 Å². The van der Waals surface area contributed by atoms with Gasteiger partial charge in [-0.25, -0.2) is 4.79 Å². The lowest BCUT2D eigenvalue weighted by molar-refractivity contribution is 0.0398. The Morgan fingerprint density at radius 3 is 2.89 bits per heavy atom. The average molecular weight is 250 g/mol. The molecule has 18 heavy (non-hydrogen) atoms. The lowest BCUT2D eigenvalue weighted by Crippen LogP contribution is -2.39. The van der Waals surface area contributed by atoms with Gasteiger partial charge in [0.2, 0.25) is 0 Å². The summed E-state index contributed by atoms with van der Waals surface area (Å²) in [6.07, 6.45) is 0. The van der Waals surface area contributed by atoms with Crippen LogP contribution in [0.4, 0.5) is 5.69 Å². The Morgan fingerprint density at radius 2 is 2.17 bits per heavy atom. The third kappa shape index (κ3) is 3.72. The SMILES string of the molecule is O=C(O)c1cccc(NCCN2CCOCC2)c1. The summed E-state index contributed by atoms with van der Waals surface area (Å²) in [5.74, 6) is -0.896. The first-order chi connectivity index (χ1) is 8.75. The van der Waals surface area contributed by atoms with E-state index in [1.165, 1.54) is 0 Å². The zero-order valence-corrected chi connectivity index (χ0v) is 10.3. The van der Waals surface area contributed by atoms with Crippen molar-refractivity contribution in [3.8, 4) is 0 Å². The highest BCUT2D eigenvalue weighted by molar-refractivity contribution is 5.88. The highest BCUT2D eigenvalue weighted by atomic mass is 16.5. The van der Waals surface area contributed by atoms with Gasteiger partial charge in [0.05, 0.1) is 18.8 Å². The van der Waals surface area contributed by atoms with Gasteiger partial charge in [0.15, 0.2) is 0 Å². The number of nitrogens with zero attached hydrogens (tertiary/aromatic N) is 1. The molecule has 1 aromatic carbocycles. The average Bonchev–Trinajstić information content (AvgIpc) is 2.40. The number of hydrogen-bond acceptors (Lipinski definition) is 4. The molecule has 0 bridgehead atoms. The number of carboxylic acid groups (broad SMARTS) is 1. The fourth-order valence-electron chi connectivity index (χ4n) is 1.95. The minimum atomic E-state index is -0.896. The number of morpholine rings is 1. The van der Waals surface area contributed by atoms with Gasteiger partial charge in [-0.1, -0.05) is 6.07 Å². The van der Waals surface area contributed by atoms with Crippen LogP contribution in [-0.2, 0) is 4.74 Å². The maximum absolute atomic E-state index is 10.8. The summed E-state index contributed by atoms with van der Waals surface area (Å²) in [7, 11) is 0. The zero-order valence-electron chi connectivity index (χ0n) is 10.3. The molecule has 1 aliphatic heterocycles. The molecule has 98 valence electrons. The van der Waals surface area contributed by atoms with Crippen LogP contribution < -0.4 is 5.32 Å². The Balaban J connectivity index is 1.78. The number of anilines is 1. The quantitative estimate of drug-likeness (QED) is 0.820. The van der Waals surface area contributed by atoms with Crippen LogP contribution in [-0.4, -0.2) is 55.4 Å². The third-order valence-electron chi connectivity index (χ3n) is 2.97. The monoisotopic (exact) mass is 250 g/mol. The van der Waals surface area contributed by atoms with E-state index >= 15 is 0 Å². The van der Waals surface area contributed by atoms with Crippen molar-refractivity contribution in [2.75, 3.05) is 44.7 Å². The molecule has 0 atom stereocenters. The molecule has 0 saturated carbocycles. The Morgan fingerprint density at radius 1 is 1.39 bits per heavy atom. The first-order valence-electron chi connectivity index (χ1n) is 6.13. The highest BCUT2D eigenvalue weighted by Gasteiger charge is 2.09. The second-order valence-electron chi connectivity index (χ2n) is 4.27. The van der Waals surface area contributed by atoms with E-state index < -0.39 is 5.97 Å². The smallest absolute Gasteiger partial charge is 0.335 e. The molecule has 0 radical (unpaired) electrons. The van der Waals surface area contributed by atoms with Crippen molar-refractivity contribution in [1.82, 2.24) is 4.90 Å². The number of benzene rings is 1. The van der Waals surface area contributed by atoms with Crippen LogP contribution in [0.1, 0.15) is 10.4 Å². The van der Waals surface area contributed by atoms with E-state index in [0.717, 1.165) is 45.1 Å². The summed E-state index contributed by atoms with van der Waals surface area (Å²) >= 11 is 0. The van der Waals surface area contributed by atoms with Gasteiger partial charge in [-0.3, -0.25) is 4.90 Å². The summed E-state index contributed by atoms with van der Waals surface area (Å²) < 4.78 is 5.28. The van der Waals surface area contributed by atoms with Crippen LogP contribution >= 0.6 is 0 Å². The van der Waals surface area contributed by atoms with E-state index in [1.54, 1.807) is 18.2 Å². The van der Waals surface area contributed by atoms with E-state index in [2.05, 4.69) is 10.2 Å². The topological polar surface area (TPSA) is 61.8 Å². The molecule has 1 heterocycles. The highest BCUT2D eigenvalue weighted by Crippen LogP contribution is 2.10. The van der Waals surface area contributed by atoms with E-state index in [1.807, 2.05) is 6.07 Å². The molecule has 1 fully saturated rings. The van der Waals surface area contributed by atoms with Crippen LogP contribution in [0.15, 0.2) is 24.3 Å². The number of ether oxygens (including phenoxy) is 1. The minimum absolute atomic E-state index is 0.311. The Hall–Kier alpha value is -1.59. The van der Waals surface area contributed by atoms with Gasteiger partial charge in [-0.15, -0.1) is 0 Å². The van der Waals surface area contributed by atoms with Gasteiger partial charge in [-0.05, 0) is 18.2 Å². The Bertz CT molecular complexity index is 403. The molecular formula is C13H18N2O3. The van der Waals surface area contributed by atoms with Crippen LogP contribution in [0.2, 0.25) is 0 Å². The van der Waals surface area contributed by atoms with Gasteiger partial charge >= 0.3 is 5.97 Å². The maximum Gasteiger partial charge on any atom is 0.335 e. The fraction of sp³-hybridized carbons (Fsp3) is 0.462. The number of carboxylic acids is 1. The lowest BCUT2D eigenvalue weighted by atomic mass is 10.2. The predicted molar refractivity (Wildman–Crippen MR) is 69.2 cm³/mol. The summed E-state index contributed by atoms with van der Waals surface area (Å²) in [4.78, 5) is 13.2. The van der Waals surface area contributed by atoms with E-state index in [0.29, 0.717) is 5.56 Å². The van der Waals surface area contributed by atoms with Crippen molar-refractivity contribution in [2.24, 2.45) is 0 Å². The first-order valence-corrected chi connectivity index (χ1v) is 6.13. The largest absolute Gasteiger partial charge is 0.478 e. The molecule has 0 aromatic heterocycles. The predicted octanol–water partition coefficient (Wildman–Crippen LogP) is 1.13. The van der Waals surface area contributed by atoms with Crippen molar-refractivity contribution in [3.05, 3.63) is 29.8 Å². The van der Waals surface area contributed by atoms with Gasteiger partial charge in [0.25, 0.3) is 0 Å². The summed E-state index contributed by atoms with van der Waals surface area (Å²) in [6.45, 7) is 5.29. The lowest BCUT2D eigenvalue weighted by Gasteiger charge is -2.26. The van der Waals surface area contributed by atoms with Crippen molar-refractivity contribution >= 4 is 11.7 Å². The molecule has 5 nitrogen and oxygen atoms in total. The van der Waals surface area contributed by atoms with E-state index in [9.17, 15) is 4.79 Å². The fourth-order valence-corrected chi connectivity index (χ4v) is 1.95. The number of nitrogens with one attached hydrogen (secondary N) is 1. The van der Waals surface area contributed by atoms with E-state index in [4.69, 9.17) is 9.84 Å². The van der Waals surface area contributed by atoms with Crippen molar-refractivity contribution in [3.63, 3.8) is 0 Å². The summed E-state index contributed by atoms with van der Waals surface area (Å²) in [5, 5.41) is 12.1. The van der Waals surface area contributed by atoms with Crippen molar-refractivity contribution in [1.29, 1.82) is 0 Å². The Kier molecular flexibility index (Phi) is 4.55. The van der Waals surface area contributed by atoms with Crippen LogP contribution in [0.3, 0.4) is 0 Å². The van der Waals surface area contributed by atoms with Crippen LogP contribution in [0.25, 0.3) is 0 Å². The van der Waals surface area contributed by atoms with Crippen LogP contribution in [0, 0.1) is 0 Å². The number of aromatic carboxylic acids is 1. The molecule has 5 heteroatoms. The Labute approximate surface area is 106 Å². The normalized spacial score (nSPS) is 16.4. The molecule has 0 spiro atoms. The number of rotatable bonds is 5. The standard InChI is InChI=1S/C13H18N2O3/c16-13(17)11-2-1-3-12(10-11)14-4-5-15-6-8-18-9-7-15/h1-3,10,14H,4-9H2,(H,16,17). The maximum atomic E-state index is 10.8. The molecule has 1 saturated heterocycles. The molecule has 1 aliphatic rings. The minimum Gasteiger partial charge on any atom is -0.478 e. The van der Waals surface area contributed by atoms with E-state index in [-0.39, 0.29) is 0 Å². The van der Waals surface area contributed by atoms with Gasteiger partial charge in [0, 0.05) is 31.9 Å². The molecular weight excluding hydrogens is 232 g/mol. The second kappa shape index (κ2) is 6.37. The molecule has 0 unspecified atom stereocenters. The van der Waals surface area contributed by atoms with Crippen molar-refractivity contribution < 1.29 is 14.6 Å². The third-order valence-corrected chi connectivity index (χ3v) is 2.97. The molecule has 0 amide bonds. The summed E-state index contributed by atoms with van der Waals surface area (Å²) in [5.41, 5.74) is 1.16. The van der Waals surface area contributed by atoms with Crippen molar-refractivity contribution in [2.45, 2.75) is 0 Å².